The summed E-state index contributed by atoms with van der Waals surface area (Å²) in [4.78, 5) is 10.4. The average molecular weight is 244 g/mol. The van der Waals surface area contributed by atoms with Gasteiger partial charge in [-0.05, 0) is 37.5 Å². The van der Waals surface area contributed by atoms with E-state index in [-0.39, 0.29) is 10.6 Å². The van der Waals surface area contributed by atoms with E-state index >= 15 is 0 Å². The van der Waals surface area contributed by atoms with Crippen LogP contribution in [-0.2, 0) is 6.54 Å². The molecule has 0 aliphatic carbocycles. The van der Waals surface area contributed by atoms with Gasteiger partial charge in [0.25, 0.3) is 5.69 Å². The third kappa shape index (κ3) is 2.27. The van der Waals surface area contributed by atoms with Gasteiger partial charge in [0.2, 0.25) is 0 Å². The minimum absolute atomic E-state index is 0.144. The summed E-state index contributed by atoms with van der Waals surface area (Å²) in [6.45, 7) is 6.91. The van der Waals surface area contributed by atoms with E-state index in [2.05, 4.69) is 31.5 Å². The maximum Gasteiger partial charge on any atom is 0.269 e. The van der Waals surface area contributed by atoms with Crippen LogP contribution >= 0.6 is 0 Å². The summed E-state index contributed by atoms with van der Waals surface area (Å²) >= 11 is 0. The van der Waals surface area contributed by atoms with Crippen LogP contribution in [0.15, 0.2) is 30.5 Å². The Morgan fingerprint density at radius 3 is 2.56 bits per heavy atom. The van der Waals surface area contributed by atoms with E-state index in [1.165, 1.54) is 22.9 Å². The van der Waals surface area contributed by atoms with Crippen molar-refractivity contribution in [3.63, 3.8) is 0 Å². The van der Waals surface area contributed by atoms with Crippen molar-refractivity contribution in [2.45, 2.75) is 27.3 Å². The monoisotopic (exact) mass is 244 g/mol. The molecule has 2 aromatic rings. The molecule has 0 N–H and O–H groups in total. The normalized spacial score (nSPS) is 10.6. The van der Waals surface area contributed by atoms with Gasteiger partial charge in [-0.1, -0.05) is 12.1 Å². The largest absolute Gasteiger partial charge is 0.347 e. The molecule has 0 amide bonds. The quantitative estimate of drug-likeness (QED) is 0.614. The number of nitro groups is 1. The molecule has 1 heterocycles. The zero-order chi connectivity index (χ0) is 13.3. The number of hydrogen-bond donors (Lipinski definition) is 0. The van der Waals surface area contributed by atoms with E-state index < -0.39 is 0 Å². The molecule has 1 aromatic heterocycles. The smallest absolute Gasteiger partial charge is 0.269 e. The Morgan fingerprint density at radius 1 is 1.28 bits per heavy atom. The first kappa shape index (κ1) is 12.4. The maximum atomic E-state index is 10.7. The molecule has 2 rings (SSSR count). The van der Waals surface area contributed by atoms with Crippen molar-refractivity contribution < 1.29 is 4.92 Å². The second kappa shape index (κ2) is 4.64. The van der Waals surface area contributed by atoms with Crippen molar-refractivity contribution in [3.05, 3.63) is 63.0 Å². The highest BCUT2D eigenvalue weighted by molar-refractivity contribution is 5.35. The number of non-ortho nitro benzene ring substituents is 1. The van der Waals surface area contributed by atoms with Gasteiger partial charge in [-0.3, -0.25) is 10.1 Å². The van der Waals surface area contributed by atoms with Gasteiger partial charge in [-0.15, -0.1) is 0 Å². The molecule has 0 saturated carbocycles. The highest BCUT2D eigenvalue weighted by Crippen LogP contribution is 2.18. The first-order valence-electron chi connectivity index (χ1n) is 5.85. The molecule has 4 heteroatoms. The molecular weight excluding hydrogens is 228 g/mol. The zero-order valence-corrected chi connectivity index (χ0v) is 10.8. The van der Waals surface area contributed by atoms with E-state index in [0.29, 0.717) is 6.54 Å². The number of rotatable bonds is 3. The van der Waals surface area contributed by atoms with Crippen LogP contribution in [0.2, 0.25) is 0 Å². The lowest BCUT2D eigenvalue weighted by atomic mass is 10.2. The van der Waals surface area contributed by atoms with Crippen LogP contribution in [0.1, 0.15) is 22.4 Å². The van der Waals surface area contributed by atoms with Crippen LogP contribution in [0.5, 0.6) is 0 Å². The molecule has 4 nitrogen and oxygen atoms in total. The molecule has 1 aromatic carbocycles. The Kier molecular flexibility index (Phi) is 3.19. The van der Waals surface area contributed by atoms with Crippen LogP contribution in [0.25, 0.3) is 0 Å². The number of aromatic nitrogens is 1. The number of aryl methyl sites for hydroxylation is 1. The van der Waals surface area contributed by atoms with Crippen LogP contribution < -0.4 is 0 Å². The third-order valence-corrected chi connectivity index (χ3v) is 3.39. The van der Waals surface area contributed by atoms with Gasteiger partial charge in [0.05, 0.1) is 4.92 Å². The predicted octanol–water partition coefficient (Wildman–Crippen LogP) is 3.37. The molecular formula is C14H16N2O2. The van der Waals surface area contributed by atoms with Crippen LogP contribution in [-0.4, -0.2) is 9.49 Å². The summed E-state index contributed by atoms with van der Waals surface area (Å²) in [6.07, 6.45) is 2.09. The van der Waals surface area contributed by atoms with Crippen molar-refractivity contribution in [2.24, 2.45) is 0 Å². The average Bonchev–Trinajstić information content (AvgIpc) is 2.57. The summed E-state index contributed by atoms with van der Waals surface area (Å²) in [7, 11) is 0. The fourth-order valence-corrected chi connectivity index (χ4v) is 2.06. The Morgan fingerprint density at radius 2 is 2.00 bits per heavy atom. The molecule has 18 heavy (non-hydrogen) atoms. The van der Waals surface area contributed by atoms with E-state index in [0.717, 1.165) is 5.56 Å². The van der Waals surface area contributed by atoms with Gasteiger partial charge in [-0.2, -0.15) is 0 Å². The van der Waals surface area contributed by atoms with E-state index in [4.69, 9.17) is 0 Å². The fourth-order valence-electron chi connectivity index (χ4n) is 2.06. The molecule has 94 valence electrons. The van der Waals surface area contributed by atoms with Gasteiger partial charge in [-0.25, -0.2) is 0 Å². The van der Waals surface area contributed by atoms with Gasteiger partial charge >= 0.3 is 0 Å². The van der Waals surface area contributed by atoms with Gasteiger partial charge in [0.1, 0.15) is 0 Å². The molecule has 0 spiro atoms. The molecule has 0 fully saturated rings. The molecule has 0 aliphatic heterocycles. The Hall–Kier alpha value is -2.10. The Balaban J connectivity index is 2.31. The standard InChI is InChI=1S/C14H16N2O2/c1-10-8-15(12(3)11(10)2)9-13-5-4-6-14(7-13)16(17)18/h4-8H,9H2,1-3H3. The molecule has 0 aliphatic rings. The lowest BCUT2D eigenvalue weighted by Crippen LogP contribution is -2.01. The summed E-state index contributed by atoms with van der Waals surface area (Å²) in [5, 5.41) is 10.7. The number of nitro benzene ring substituents is 1. The maximum absolute atomic E-state index is 10.7. The van der Waals surface area contributed by atoms with Crippen LogP contribution in [0, 0.1) is 30.9 Å². The molecule has 0 unspecified atom stereocenters. The highest BCUT2D eigenvalue weighted by Gasteiger charge is 2.08. The topological polar surface area (TPSA) is 48.1 Å². The van der Waals surface area contributed by atoms with Gasteiger partial charge in [0, 0.05) is 30.6 Å². The van der Waals surface area contributed by atoms with Crippen molar-refractivity contribution in [3.8, 4) is 0 Å². The van der Waals surface area contributed by atoms with Crippen LogP contribution in [0.4, 0.5) is 5.69 Å². The van der Waals surface area contributed by atoms with Crippen molar-refractivity contribution >= 4 is 5.69 Å². The highest BCUT2D eigenvalue weighted by atomic mass is 16.6. The molecule has 0 atom stereocenters. The number of nitrogens with zero attached hydrogens (tertiary/aromatic N) is 2. The molecule has 0 saturated heterocycles. The summed E-state index contributed by atoms with van der Waals surface area (Å²) in [5.74, 6) is 0. The van der Waals surface area contributed by atoms with Crippen LogP contribution in [0.3, 0.4) is 0 Å². The zero-order valence-electron chi connectivity index (χ0n) is 10.8. The van der Waals surface area contributed by atoms with Gasteiger partial charge in [0.15, 0.2) is 0 Å². The van der Waals surface area contributed by atoms with Gasteiger partial charge < -0.3 is 4.57 Å². The molecule has 0 radical (unpaired) electrons. The summed E-state index contributed by atoms with van der Waals surface area (Å²) in [6, 6.07) is 6.79. The first-order chi connectivity index (χ1) is 8.49. The SMILES string of the molecule is Cc1cn(Cc2cccc([N+](=O)[O-])c2)c(C)c1C. The number of benzene rings is 1. The van der Waals surface area contributed by atoms with E-state index in [1.807, 2.05) is 6.07 Å². The minimum Gasteiger partial charge on any atom is -0.347 e. The second-order valence-electron chi connectivity index (χ2n) is 4.58. The Bertz CT molecular complexity index is 600. The van der Waals surface area contributed by atoms with E-state index in [9.17, 15) is 10.1 Å². The Labute approximate surface area is 106 Å². The second-order valence-corrected chi connectivity index (χ2v) is 4.58. The lowest BCUT2D eigenvalue weighted by Gasteiger charge is -2.06. The number of hydrogen-bond acceptors (Lipinski definition) is 2. The summed E-state index contributed by atoms with van der Waals surface area (Å²) < 4.78 is 2.13. The third-order valence-electron chi connectivity index (χ3n) is 3.39. The summed E-state index contributed by atoms with van der Waals surface area (Å²) in [5.41, 5.74) is 4.82. The van der Waals surface area contributed by atoms with Crippen molar-refractivity contribution in [1.82, 2.24) is 4.57 Å². The van der Waals surface area contributed by atoms with E-state index in [1.54, 1.807) is 12.1 Å². The van der Waals surface area contributed by atoms with Crippen molar-refractivity contribution in [2.75, 3.05) is 0 Å². The lowest BCUT2D eigenvalue weighted by molar-refractivity contribution is -0.384. The molecule has 0 bridgehead atoms. The minimum atomic E-state index is -0.359. The fraction of sp³-hybridized carbons (Fsp3) is 0.286. The first-order valence-corrected chi connectivity index (χ1v) is 5.85. The van der Waals surface area contributed by atoms with Crippen molar-refractivity contribution in [1.29, 1.82) is 0 Å². The predicted molar refractivity (Wildman–Crippen MR) is 70.8 cm³/mol.